The molecule has 2 aliphatic heterocycles. The molecule has 34 heavy (non-hydrogen) atoms. The van der Waals surface area contributed by atoms with Crippen LogP contribution in [0.1, 0.15) is 34.8 Å². The van der Waals surface area contributed by atoms with Gasteiger partial charge in [0.2, 0.25) is 0 Å². The predicted octanol–water partition coefficient (Wildman–Crippen LogP) is 3.97. The van der Waals surface area contributed by atoms with Gasteiger partial charge in [-0.05, 0) is 35.8 Å². The number of sulfone groups is 1. The molecule has 9 heteroatoms. The van der Waals surface area contributed by atoms with Crippen molar-refractivity contribution in [1.82, 2.24) is 4.90 Å². The molecule has 0 bridgehead atoms. The first-order valence-electron chi connectivity index (χ1n) is 11.2. The van der Waals surface area contributed by atoms with Crippen LogP contribution in [0.25, 0.3) is 5.57 Å². The van der Waals surface area contributed by atoms with Crippen LogP contribution in [0, 0.1) is 0 Å². The normalized spacial score (nSPS) is 17.5. The molecule has 1 saturated heterocycles. The Morgan fingerprint density at radius 2 is 1.71 bits per heavy atom. The van der Waals surface area contributed by atoms with E-state index in [9.17, 15) is 22.0 Å². The first-order chi connectivity index (χ1) is 16.0. The van der Waals surface area contributed by atoms with Crippen molar-refractivity contribution in [3.8, 4) is 0 Å². The van der Waals surface area contributed by atoms with Gasteiger partial charge in [-0.1, -0.05) is 30.3 Å². The number of morpholine rings is 1. The van der Waals surface area contributed by atoms with Crippen molar-refractivity contribution in [3.63, 3.8) is 0 Å². The smallest absolute Gasteiger partial charge is 0.270 e. The summed E-state index contributed by atoms with van der Waals surface area (Å²) in [5.74, 6) is -3.12. The van der Waals surface area contributed by atoms with E-state index in [1.807, 2.05) is 11.0 Å². The maximum absolute atomic E-state index is 13.5. The molecule has 2 aromatic carbocycles. The summed E-state index contributed by atoms with van der Waals surface area (Å²) in [4.78, 5) is 17.3. The molecular formula is C25H28F2N2O4S. The minimum absolute atomic E-state index is 0.0362. The highest BCUT2D eigenvalue weighted by Crippen LogP contribution is 2.31. The van der Waals surface area contributed by atoms with Crippen molar-refractivity contribution < 1.29 is 26.7 Å². The Morgan fingerprint density at radius 3 is 2.26 bits per heavy atom. The van der Waals surface area contributed by atoms with Crippen molar-refractivity contribution in [1.29, 1.82) is 0 Å². The predicted molar refractivity (Wildman–Crippen MR) is 127 cm³/mol. The van der Waals surface area contributed by atoms with Crippen LogP contribution in [0.3, 0.4) is 0 Å². The molecule has 1 amide bonds. The molecule has 4 rings (SSSR count). The maximum Gasteiger partial charge on any atom is 0.270 e. The summed E-state index contributed by atoms with van der Waals surface area (Å²) in [6.07, 6.45) is 3.63. The Kier molecular flexibility index (Phi) is 6.78. The van der Waals surface area contributed by atoms with Crippen LogP contribution in [0.4, 0.5) is 14.5 Å². The van der Waals surface area contributed by atoms with Crippen LogP contribution in [0.5, 0.6) is 0 Å². The summed E-state index contributed by atoms with van der Waals surface area (Å²) in [6, 6.07) is 10.9. The summed E-state index contributed by atoms with van der Waals surface area (Å²) < 4.78 is 56.7. The lowest BCUT2D eigenvalue weighted by molar-refractivity contribution is 0.0174. The average Bonchev–Trinajstić information content (AvgIpc) is 2.83. The van der Waals surface area contributed by atoms with E-state index < -0.39 is 15.8 Å². The zero-order valence-electron chi connectivity index (χ0n) is 19.3. The highest BCUT2D eigenvalue weighted by atomic mass is 32.2. The third-order valence-electron chi connectivity index (χ3n) is 6.24. The molecule has 0 saturated carbocycles. The van der Waals surface area contributed by atoms with Gasteiger partial charge in [0, 0.05) is 50.6 Å². The lowest BCUT2D eigenvalue weighted by atomic mass is 9.97. The molecule has 2 aliphatic rings. The fraction of sp³-hybridized carbons (Fsp3) is 0.400. The number of amides is 1. The van der Waals surface area contributed by atoms with Gasteiger partial charge in [-0.2, -0.15) is 0 Å². The number of ether oxygens (including phenoxy) is 1. The van der Waals surface area contributed by atoms with Crippen LogP contribution < -0.4 is 4.90 Å². The van der Waals surface area contributed by atoms with E-state index in [0.29, 0.717) is 57.1 Å². The van der Waals surface area contributed by atoms with Gasteiger partial charge in [0.25, 0.3) is 11.8 Å². The number of alkyl halides is 2. The van der Waals surface area contributed by atoms with E-state index in [-0.39, 0.29) is 16.4 Å². The summed E-state index contributed by atoms with van der Waals surface area (Å²) in [6.45, 7) is 3.99. The fourth-order valence-electron chi connectivity index (χ4n) is 4.26. The lowest BCUT2D eigenvalue weighted by Gasteiger charge is -2.32. The lowest BCUT2D eigenvalue weighted by Crippen LogP contribution is -2.39. The van der Waals surface area contributed by atoms with Crippen molar-refractivity contribution in [2.24, 2.45) is 0 Å². The van der Waals surface area contributed by atoms with Gasteiger partial charge in [-0.25, -0.2) is 17.2 Å². The minimum Gasteiger partial charge on any atom is -0.378 e. The highest BCUT2D eigenvalue weighted by Gasteiger charge is 2.27. The van der Waals surface area contributed by atoms with E-state index in [1.54, 1.807) is 23.1 Å². The second-order valence-electron chi connectivity index (χ2n) is 8.75. The highest BCUT2D eigenvalue weighted by molar-refractivity contribution is 7.90. The molecule has 2 heterocycles. The maximum atomic E-state index is 13.5. The monoisotopic (exact) mass is 490 g/mol. The first-order valence-corrected chi connectivity index (χ1v) is 13.1. The van der Waals surface area contributed by atoms with Gasteiger partial charge >= 0.3 is 0 Å². The first kappa shape index (κ1) is 24.3. The zero-order valence-corrected chi connectivity index (χ0v) is 20.1. The van der Waals surface area contributed by atoms with Crippen LogP contribution in [-0.2, 0) is 20.5 Å². The zero-order chi connectivity index (χ0) is 24.5. The molecule has 6 nitrogen and oxygen atoms in total. The molecule has 0 spiro atoms. The Labute approximate surface area is 198 Å². The van der Waals surface area contributed by atoms with E-state index in [0.717, 1.165) is 24.3 Å². The van der Waals surface area contributed by atoms with Gasteiger partial charge < -0.3 is 14.5 Å². The molecule has 2 aromatic rings. The van der Waals surface area contributed by atoms with Gasteiger partial charge in [0.15, 0.2) is 9.84 Å². The average molecular weight is 491 g/mol. The van der Waals surface area contributed by atoms with Crippen molar-refractivity contribution >= 4 is 27.0 Å². The number of anilines is 1. The summed E-state index contributed by atoms with van der Waals surface area (Å²) in [5.41, 5.74) is 2.87. The van der Waals surface area contributed by atoms with E-state index in [4.69, 9.17) is 4.74 Å². The molecule has 0 atom stereocenters. The standard InChI is InChI=1S/C25H28F2N2O4S/c1-25(26,27)20-5-3-18(4-6-20)19-9-11-29(12-10-19)24(30)22-17-21(34(2,31)32)7-8-23(22)28-13-15-33-16-14-28/h3-9,17H,10-16H2,1-2H3. The quantitative estimate of drug-likeness (QED) is 0.635. The number of hydrogen-bond donors (Lipinski definition) is 0. The largest absolute Gasteiger partial charge is 0.378 e. The molecular weight excluding hydrogens is 462 g/mol. The van der Waals surface area contributed by atoms with Gasteiger partial charge in [0.1, 0.15) is 0 Å². The van der Waals surface area contributed by atoms with Crippen molar-refractivity contribution in [3.05, 3.63) is 65.2 Å². The molecule has 0 N–H and O–H groups in total. The summed E-state index contributed by atoms with van der Waals surface area (Å²) >= 11 is 0. The van der Waals surface area contributed by atoms with Crippen LogP contribution in [0.2, 0.25) is 0 Å². The van der Waals surface area contributed by atoms with Crippen molar-refractivity contribution in [2.75, 3.05) is 50.5 Å². The molecule has 0 radical (unpaired) electrons. The Balaban J connectivity index is 1.57. The molecule has 0 aliphatic carbocycles. The van der Waals surface area contributed by atoms with Gasteiger partial charge in [0.05, 0.1) is 23.7 Å². The number of nitrogens with zero attached hydrogens (tertiary/aromatic N) is 2. The molecule has 0 aromatic heterocycles. The van der Waals surface area contributed by atoms with Crippen LogP contribution in [0.15, 0.2) is 53.4 Å². The number of hydrogen-bond acceptors (Lipinski definition) is 5. The third kappa shape index (κ3) is 5.31. The summed E-state index contributed by atoms with van der Waals surface area (Å²) in [5, 5.41) is 0. The minimum atomic E-state index is -3.48. The topological polar surface area (TPSA) is 66.9 Å². The third-order valence-corrected chi connectivity index (χ3v) is 7.35. The Hall–Kier alpha value is -2.78. The second kappa shape index (κ2) is 9.46. The number of halogens is 2. The number of carbonyl (C=O) groups is 1. The number of benzene rings is 2. The fourth-order valence-corrected chi connectivity index (χ4v) is 4.91. The van der Waals surface area contributed by atoms with Gasteiger partial charge in [-0.15, -0.1) is 0 Å². The number of carbonyl (C=O) groups excluding carboxylic acids is 1. The SMILES string of the molecule is CC(F)(F)c1ccc(C2=CCN(C(=O)c3cc(S(C)(=O)=O)ccc3N3CCOCC3)CC2)cc1. The van der Waals surface area contributed by atoms with Crippen molar-refractivity contribution in [2.45, 2.75) is 24.2 Å². The van der Waals surface area contributed by atoms with E-state index in [2.05, 4.69) is 0 Å². The molecule has 0 unspecified atom stereocenters. The molecule has 1 fully saturated rings. The van der Waals surface area contributed by atoms with Gasteiger partial charge in [-0.3, -0.25) is 4.79 Å². The van der Waals surface area contributed by atoms with E-state index in [1.165, 1.54) is 24.3 Å². The number of rotatable bonds is 5. The second-order valence-corrected chi connectivity index (χ2v) is 10.8. The Morgan fingerprint density at radius 1 is 1.03 bits per heavy atom. The Bertz CT molecular complexity index is 1200. The van der Waals surface area contributed by atoms with Crippen LogP contribution >= 0.6 is 0 Å². The molecule has 182 valence electrons. The summed E-state index contributed by atoms with van der Waals surface area (Å²) in [7, 11) is -3.48. The van der Waals surface area contributed by atoms with E-state index >= 15 is 0 Å². The van der Waals surface area contributed by atoms with Crippen LogP contribution in [-0.4, -0.2) is 64.9 Å².